The van der Waals surface area contributed by atoms with Gasteiger partial charge in [0.05, 0.1) is 23.6 Å². The molecule has 0 aliphatic heterocycles. The Bertz CT molecular complexity index is 671. The Morgan fingerprint density at radius 2 is 2.21 bits per heavy atom. The number of alkyl halides is 1. The number of halogens is 1. The highest BCUT2D eigenvalue weighted by molar-refractivity contribution is 6.20. The summed E-state index contributed by atoms with van der Waals surface area (Å²) in [5.41, 5.74) is 1.94. The van der Waals surface area contributed by atoms with Gasteiger partial charge in [-0.2, -0.15) is 5.10 Å². The number of nitrogens with zero attached hydrogens (tertiary/aromatic N) is 5. The quantitative estimate of drug-likeness (QED) is 0.688. The van der Waals surface area contributed by atoms with E-state index in [1.165, 1.54) is 0 Å². The third-order valence-electron chi connectivity index (χ3n) is 3.05. The van der Waals surface area contributed by atoms with Gasteiger partial charge >= 0.3 is 0 Å². The number of aryl methyl sites for hydroxylation is 2. The third kappa shape index (κ3) is 2.33. The number of pyridine rings is 1. The molecule has 0 aliphatic rings. The van der Waals surface area contributed by atoms with E-state index in [0.29, 0.717) is 0 Å². The van der Waals surface area contributed by atoms with E-state index in [2.05, 4.69) is 19.6 Å². The molecule has 0 N–H and O–H groups in total. The predicted octanol–water partition coefficient (Wildman–Crippen LogP) is 2.63. The van der Waals surface area contributed by atoms with Crippen LogP contribution in [0.5, 0.6) is 0 Å². The first-order chi connectivity index (χ1) is 9.25. The molecule has 0 aromatic carbocycles. The average molecular weight is 276 g/mol. The monoisotopic (exact) mass is 275 g/mol. The van der Waals surface area contributed by atoms with E-state index < -0.39 is 0 Å². The summed E-state index contributed by atoms with van der Waals surface area (Å²) < 4.78 is 4.03. The minimum absolute atomic E-state index is 0.134. The molecule has 3 heterocycles. The van der Waals surface area contributed by atoms with E-state index in [0.717, 1.165) is 29.9 Å². The maximum atomic E-state index is 6.21. The van der Waals surface area contributed by atoms with Gasteiger partial charge in [-0.3, -0.25) is 9.67 Å². The molecule has 6 heteroatoms. The van der Waals surface area contributed by atoms with Gasteiger partial charge < -0.3 is 4.57 Å². The van der Waals surface area contributed by atoms with Crippen LogP contribution in [0.3, 0.4) is 0 Å². The van der Waals surface area contributed by atoms with E-state index >= 15 is 0 Å². The van der Waals surface area contributed by atoms with Gasteiger partial charge in [0, 0.05) is 25.1 Å². The topological polar surface area (TPSA) is 48.5 Å². The summed E-state index contributed by atoms with van der Waals surface area (Å²) in [5, 5.41) is 4.07. The first-order valence-electron chi connectivity index (χ1n) is 6.17. The highest BCUT2D eigenvalue weighted by Crippen LogP contribution is 2.23. The maximum Gasteiger partial charge on any atom is 0.127 e. The summed E-state index contributed by atoms with van der Waals surface area (Å²) in [6.07, 6.45) is 7.27. The van der Waals surface area contributed by atoms with Gasteiger partial charge in [-0.05, 0) is 19.1 Å². The van der Waals surface area contributed by atoms with Crippen LogP contribution < -0.4 is 0 Å². The van der Waals surface area contributed by atoms with Crippen molar-refractivity contribution in [3.05, 3.63) is 42.7 Å². The smallest absolute Gasteiger partial charge is 0.127 e. The molecule has 3 aromatic rings. The Labute approximate surface area is 115 Å². The summed E-state index contributed by atoms with van der Waals surface area (Å²) in [5.74, 6) is 0.872. The van der Waals surface area contributed by atoms with E-state index in [-0.39, 0.29) is 5.38 Å². The van der Waals surface area contributed by atoms with Crippen molar-refractivity contribution in [1.29, 1.82) is 0 Å². The van der Waals surface area contributed by atoms with Crippen LogP contribution >= 0.6 is 11.6 Å². The maximum absolute atomic E-state index is 6.21. The van der Waals surface area contributed by atoms with Crippen molar-refractivity contribution in [2.75, 3.05) is 0 Å². The van der Waals surface area contributed by atoms with Gasteiger partial charge in [0.25, 0.3) is 0 Å². The standard InChI is InChI=1S/C13H14ClN5/c1-10(14)13-17-11-9-15-5-3-12(11)19(13)8-7-18-6-2-4-16-18/h2-6,9-10H,7-8H2,1H3. The molecule has 98 valence electrons. The van der Waals surface area contributed by atoms with Gasteiger partial charge in [0.1, 0.15) is 11.3 Å². The molecule has 1 atom stereocenters. The average Bonchev–Trinajstić information content (AvgIpc) is 3.03. The molecular formula is C13H14ClN5. The Hall–Kier alpha value is -1.88. The fraction of sp³-hybridized carbons (Fsp3) is 0.308. The second-order valence-corrected chi connectivity index (χ2v) is 5.03. The lowest BCUT2D eigenvalue weighted by Gasteiger charge is -2.10. The fourth-order valence-corrected chi connectivity index (χ4v) is 2.34. The van der Waals surface area contributed by atoms with E-state index in [1.807, 2.05) is 29.9 Å². The molecular weight excluding hydrogens is 262 g/mol. The predicted molar refractivity (Wildman–Crippen MR) is 74.0 cm³/mol. The van der Waals surface area contributed by atoms with Crippen molar-refractivity contribution in [3.8, 4) is 0 Å². The second-order valence-electron chi connectivity index (χ2n) is 4.37. The lowest BCUT2D eigenvalue weighted by Crippen LogP contribution is -2.11. The number of imidazole rings is 1. The second kappa shape index (κ2) is 5.01. The number of aromatic nitrogens is 5. The molecule has 0 radical (unpaired) electrons. The van der Waals surface area contributed by atoms with Crippen LogP contribution in [0.15, 0.2) is 36.9 Å². The van der Waals surface area contributed by atoms with Crippen molar-refractivity contribution in [2.45, 2.75) is 25.4 Å². The summed E-state index contributed by atoms with van der Waals surface area (Å²) >= 11 is 6.21. The van der Waals surface area contributed by atoms with Crippen LogP contribution in [0.25, 0.3) is 11.0 Å². The van der Waals surface area contributed by atoms with Crippen molar-refractivity contribution in [3.63, 3.8) is 0 Å². The van der Waals surface area contributed by atoms with Crippen molar-refractivity contribution < 1.29 is 0 Å². The molecule has 0 amide bonds. The van der Waals surface area contributed by atoms with Gasteiger partial charge in [-0.1, -0.05) is 0 Å². The first-order valence-corrected chi connectivity index (χ1v) is 6.61. The van der Waals surface area contributed by atoms with Crippen LogP contribution in [0.4, 0.5) is 0 Å². The molecule has 1 unspecified atom stereocenters. The minimum Gasteiger partial charge on any atom is -0.325 e. The highest BCUT2D eigenvalue weighted by atomic mass is 35.5. The molecule has 19 heavy (non-hydrogen) atoms. The largest absolute Gasteiger partial charge is 0.325 e. The first kappa shape index (κ1) is 12.2. The summed E-state index contributed by atoms with van der Waals surface area (Å²) in [4.78, 5) is 8.65. The fourth-order valence-electron chi connectivity index (χ4n) is 2.17. The molecule has 0 aliphatic carbocycles. The molecule has 0 bridgehead atoms. The summed E-state index contributed by atoms with van der Waals surface area (Å²) in [6, 6.07) is 3.88. The van der Waals surface area contributed by atoms with Crippen LogP contribution in [0, 0.1) is 0 Å². The van der Waals surface area contributed by atoms with Crippen LogP contribution in [-0.2, 0) is 13.1 Å². The Kier molecular flexibility index (Phi) is 3.21. The zero-order valence-corrected chi connectivity index (χ0v) is 11.3. The molecule has 3 rings (SSSR count). The van der Waals surface area contributed by atoms with Gasteiger partial charge in [-0.15, -0.1) is 11.6 Å². The van der Waals surface area contributed by atoms with E-state index in [1.54, 1.807) is 18.6 Å². The SMILES string of the molecule is CC(Cl)c1nc2cnccc2n1CCn1cccn1. The van der Waals surface area contributed by atoms with Crippen molar-refractivity contribution in [1.82, 2.24) is 24.3 Å². The van der Waals surface area contributed by atoms with Gasteiger partial charge in [0.2, 0.25) is 0 Å². The lowest BCUT2D eigenvalue weighted by molar-refractivity contribution is 0.528. The Morgan fingerprint density at radius 3 is 2.95 bits per heavy atom. The molecule has 5 nitrogen and oxygen atoms in total. The zero-order chi connectivity index (χ0) is 13.2. The number of hydrogen-bond acceptors (Lipinski definition) is 3. The molecule has 0 fully saturated rings. The normalized spacial score (nSPS) is 12.9. The number of fused-ring (bicyclic) bond motifs is 1. The minimum atomic E-state index is -0.134. The third-order valence-corrected chi connectivity index (χ3v) is 3.24. The van der Waals surface area contributed by atoms with Crippen LogP contribution in [0.2, 0.25) is 0 Å². The molecule has 0 spiro atoms. The van der Waals surface area contributed by atoms with E-state index in [9.17, 15) is 0 Å². The summed E-state index contributed by atoms with van der Waals surface area (Å²) in [7, 11) is 0. The number of hydrogen-bond donors (Lipinski definition) is 0. The molecule has 3 aromatic heterocycles. The highest BCUT2D eigenvalue weighted by Gasteiger charge is 2.14. The lowest BCUT2D eigenvalue weighted by atomic mass is 10.4. The van der Waals surface area contributed by atoms with Gasteiger partial charge in [-0.25, -0.2) is 4.98 Å². The van der Waals surface area contributed by atoms with E-state index in [4.69, 9.17) is 11.6 Å². The van der Waals surface area contributed by atoms with Gasteiger partial charge in [0.15, 0.2) is 0 Å². The zero-order valence-electron chi connectivity index (χ0n) is 10.6. The molecule has 0 saturated carbocycles. The molecule has 0 saturated heterocycles. The van der Waals surface area contributed by atoms with Crippen LogP contribution in [-0.4, -0.2) is 24.3 Å². The Morgan fingerprint density at radius 1 is 1.32 bits per heavy atom. The van der Waals surface area contributed by atoms with Crippen LogP contribution in [0.1, 0.15) is 18.1 Å². The van der Waals surface area contributed by atoms with Crippen molar-refractivity contribution in [2.24, 2.45) is 0 Å². The number of rotatable bonds is 4. The Balaban J connectivity index is 1.97. The summed E-state index contributed by atoms with van der Waals surface area (Å²) in [6.45, 7) is 3.51. The van der Waals surface area contributed by atoms with Crippen molar-refractivity contribution >= 4 is 22.6 Å².